The molecule has 190 valence electrons. The van der Waals surface area contributed by atoms with Gasteiger partial charge in [-0.25, -0.2) is 8.42 Å². The van der Waals surface area contributed by atoms with Gasteiger partial charge in [-0.15, -0.1) is 0 Å². The number of rotatable bonds is 7. The molecule has 0 bridgehead atoms. The maximum absolute atomic E-state index is 12.8. The molecule has 0 aliphatic heterocycles. The van der Waals surface area contributed by atoms with Crippen molar-refractivity contribution in [1.82, 2.24) is 0 Å². The number of amides is 2. The molecule has 0 aromatic heterocycles. The molecule has 2 N–H and O–H groups in total. The SMILES string of the molecule is Cc1c(Cl)cccc1N(CC(=O)Nc1cccc(NC(=O)c2ccc(C(C)(C)C)cc2)c1)S(C)(=O)=O. The van der Waals surface area contributed by atoms with E-state index in [0.29, 0.717) is 33.2 Å². The van der Waals surface area contributed by atoms with E-state index >= 15 is 0 Å². The molecule has 3 aromatic rings. The van der Waals surface area contributed by atoms with Crippen LogP contribution in [0.5, 0.6) is 0 Å². The Labute approximate surface area is 217 Å². The van der Waals surface area contributed by atoms with Crippen LogP contribution in [0.2, 0.25) is 5.02 Å². The second-order valence-electron chi connectivity index (χ2n) is 9.56. The van der Waals surface area contributed by atoms with E-state index < -0.39 is 22.5 Å². The monoisotopic (exact) mass is 527 g/mol. The summed E-state index contributed by atoms with van der Waals surface area (Å²) < 4.78 is 25.9. The molecular formula is C27H30ClN3O4S. The van der Waals surface area contributed by atoms with Gasteiger partial charge in [-0.1, -0.05) is 56.6 Å². The van der Waals surface area contributed by atoms with Crippen molar-refractivity contribution in [2.24, 2.45) is 0 Å². The lowest BCUT2D eigenvalue weighted by atomic mass is 9.87. The highest BCUT2D eigenvalue weighted by molar-refractivity contribution is 7.92. The average molecular weight is 528 g/mol. The summed E-state index contributed by atoms with van der Waals surface area (Å²) in [6.07, 6.45) is 1.03. The molecule has 0 unspecified atom stereocenters. The Bertz CT molecular complexity index is 1380. The minimum absolute atomic E-state index is 0.0142. The van der Waals surface area contributed by atoms with Crippen molar-refractivity contribution >= 4 is 50.5 Å². The van der Waals surface area contributed by atoms with Crippen molar-refractivity contribution in [1.29, 1.82) is 0 Å². The lowest BCUT2D eigenvalue weighted by Crippen LogP contribution is -2.37. The predicted octanol–water partition coefficient (Wildman–Crippen LogP) is 5.60. The van der Waals surface area contributed by atoms with Crippen LogP contribution < -0.4 is 14.9 Å². The van der Waals surface area contributed by atoms with Crippen molar-refractivity contribution < 1.29 is 18.0 Å². The van der Waals surface area contributed by atoms with E-state index in [-0.39, 0.29) is 11.3 Å². The van der Waals surface area contributed by atoms with Gasteiger partial charge in [0.1, 0.15) is 6.54 Å². The van der Waals surface area contributed by atoms with Gasteiger partial charge < -0.3 is 10.6 Å². The first-order valence-corrected chi connectivity index (χ1v) is 13.5. The summed E-state index contributed by atoms with van der Waals surface area (Å²) in [5.41, 5.74) is 3.41. The number of nitrogens with zero attached hydrogens (tertiary/aromatic N) is 1. The average Bonchev–Trinajstić information content (AvgIpc) is 2.78. The van der Waals surface area contributed by atoms with E-state index in [0.717, 1.165) is 16.1 Å². The van der Waals surface area contributed by atoms with Crippen LogP contribution in [0.1, 0.15) is 42.3 Å². The summed E-state index contributed by atoms with van der Waals surface area (Å²) in [6.45, 7) is 7.57. The first-order chi connectivity index (χ1) is 16.8. The van der Waals surface area contributed by atoms with Gasteiger partial charge in [0.25, 0.3) is 5.91 Å². The molecule has 0 spiro atoms. The zero-order chi connectivity index (χ0) is 26.7. The predicted molar refractivity (Wildman–Crippen MR) is 147 cm³/mol. The molecule has 36 heavy (non-hydrogen) atoms. The third-order valence-electron chi connectivity index (χ3n) is 5.61. The minimum atomic E-state index is -3.75. The van der Waals surface area contributed by atoms with Gasteiger partial charge in [0.15, 0.2) is 0 Å². The van der Waals surface area contributed by atoms with E-state index in [4.69, 9.17) is 11.6 Å². The zero-order valence-corrected chi connectivity index (χ0v) is 22.5. The lowest BCUT2D eigenvalue weighted by molar-refractivity contribution is -0.114. The summed E-state index contributed by atoms with van der Waals surface area (Å²) in [4.78, 5) is 25.5. The second kappa shape index (κ2) is 10.7. The molecule has 0 atom stereocenters. The molecule has 7 nitrogen and oxygen atoms in total. The Balaban J connectivity index is 1.72. The summed E-state index contributed by atoms with van der Waals surface area (Å²) in [6, 6.07) is 18.9. The van der Waals surface area contributed by atoms with Crippen molar-refractivity contribution in [3.8, 4) is 0 Å². The number of benzene rings is 3. The van der Waals surface area contributed by atoms with Crippen LogP contribution in [-0.4, -0.2) is 33.0 Å². The molecule has 0 aliphatic rings. The largest absolute Gasteiger partial charge is 0.324 e. The van der Waals surface area contributed by atoms with E-state index in [9.17, 15) is 18.0 Å². The molecule has 3 aromatic carbocycles. The smallest absolute Gasteiger partial charge is 0.255 e. The Morgan fingerprint density at radius 2 is 1.50 bits per heavy atom. The number of nitrogens with one attached hydrogen (secondary N) is 2. The minimum Gasteiger partial charge on any atom is -0.324 e. The first-order valence-electron chi connectivity index (χ1n) is 11.3. The molecule has 0 heterocycles. The Kier molecular flexibility index (Phi) is 8.11. The summed E-state index contributed by atoms with van der Waals surface area (Å²) >= 11 is 6.15. The Morgan fingerprint density at radius 3 is 2.08 bits per heavy atom. The molecule has 0 saturated heterocycles. The van der Waals surface area contributed by atoms with E-state index in [1.165, 1.54) is 0 Å². The summed E-state index contributed by atoms with van der Waals surface area (Å²) in [5, 5.41) is 5.92. The van der Waals surface area contributed by atoms with Gasteiger partial charge in [0, 0.05) is 22.0 Å². The van der Waals surface area contributed by atoms with E-state index in [2.05, 4.69) is 31.4 Å². The number of anilines is 3. The quantitative estimate of drug-likeness (QED) is 0.418. The highest BCUT2D eigenvalue weighted by Crippen LogP contribution is 2.28. The fourth-order valence-electron chi connectivity index (χ4n) is 3.58. The van der Waals surface area contributed by atoms with Gasteiger partial charge in [-0.3, -0.25) is 13.9 Å². The van der Waals surface area contributed by atoms with Crippen LogP contribution in [0.25, 0.3) is 0 Å². The normalized spacial score (nSPS) is 11.6. The summed E-state index contributed by atoms with van der Waals surface area (Å²) in [5.74, 6) is -0.820. The zero-order valence-electron chi connectivity index (χ0n) is 20.9. The maximum Gasteiger partial charge on any atom is 0.255 e. The number of hydrogen-bond acceptors (Lipinski definition) is 4. The molecule has 0 saturated carbocycles. The number of carbonyl (C=O) groups excluding carboxylic acids is 2. The van der Waals surface area contributed by atoms with Crippen LogP contribution in [0.15, 0.2) is 66.7 Å². The van der Waals surface area contributed by atoms with Crippen molar-refractivity contribution in [3.05, 3.63) is 88.4 Å². The third kappa shape index (κ3) is 6.86. The highest BCUT2D eigenvalue weighted by atomic mass is 35.5. The number of hydrogen-bond donors (Lipinski definition) is 2. The first kappa shape index (κ1) is 27.2. The van der Waals surface area contributed by atoms with E-state index in [1.54, 1.807) is 61.5 Å². The Hall–Kier alpha value is -3.36. The maximum atomic E-state index is 12.8. The molecule has 0 fully saturated rings. The van der Waals surface area contributed by atoms with Gasteiger partial charge in [-0.2, -0.15) is 0 Å². The topological polar surface area (TPSA) is 95.6 Å². The number of sulfonamides is 1. The molecule has 2 amide bonds. The van der Waals surface area contributed by atoms with Gasteiger partial charge >= 0.3 is 0 Å². The van der Waals surface area contributed by atoms with Gasteiger partial charge in [0.05, 0.1) is 11.9 Å². The standard InChI is InChI=1S/C27H30ClN3O4S/c1-18-23(28)10-7-11-24(18)31(36(5,34)35)17-25(32)29-21-8-6-9-22(16-21)30-26(33)19-12-14-20(15-13-19)27(2,3)4/h6-16H,17H2,1-5H3,(H,29,32)(H,30,33). The summed E-state index contributed by atoms with van der Waals surface area (Å²) in [7, 11) is -3.75. The van der Waals surface area contributed by atoms with Crippen LogP contribution in [0.3, 0.4) is 0 Å². The van der Waals surface area contributed by atoms with Crippen LogP contribution in [-0.2, 0) is 20.2 Å². The van der Waals surface area contributed by atoms with Crippen molar-refractivity contribution in [3.63, 3.8) is 0 Å². The van der Waals surface area contributed by atoms with Crippen LogP contribution in [0.4, 0.5) is 17.1 Å². The van der Waals surface area contributed by atoms with Crippen molar-refractivity contribution in [2.45, 2.75) is 33.1 Å². The third-order valence-corrected chi connectivity index (χ3v) is 7.15. The van der Waals surface area contributed by atoms with Gasteiger partial charge in [0.2, 0.25) is 15.9 Å². The van der Waals surface area contributed by atoms with Crippen LogP contribution in [0, 0.1) is 6.92 Å². The molecule has 0 radical (unpaired) electrons. The van der Waals surface area contributed by atoms with E-state index in [1.807, 2.05) is 12.1 Å². The fraction of sp³-hybridized carbons (Fsp3) is 0.259. The van der Waals surface area contributed by atoms with Gasteiger partial charge in [-0.05, 0) is 65.9 Å². The lowest BCUT2D eigenvalue weighted by Gasteiger charge is -2.24. The number of halogens is 1. The van der Waals surface area contributed by atoms with Crippen molar-refractivity contribution in [2.75, 3.05) is 27.7 Å². The Morgan fingerprint density at radius 1 is 0.917 bits per heavy atom. The molecule has 9 heteroatoms. The number of carbonyl (C=O) groups is 2. The highest BCUT2D eigenvalue weighted by Gasteiger charge is 2.23. The molecular weight excluding hydrogens is 498 g/mol. The second-order valence-corrected chi connectivity index (χ2v) is 11.9. The molecule has 3 rings (SSSR count). The molecule has 0 aliphatic carbocycles. The fourth-order valence-corrected chi connectivity index (χ4v) is 4.65. The van der Waals surface area contributed by atoms with Crippen LogP contribution >= 0.6 is 11.6 Å².